The Morgan fingerprint density at radius 2 is 1.90 bits per heavy atom. The highest BCUT2D eigenvalue weighted by Gasteiger charge is 2.46. The van der Waals surface area contributed by atoms with Crippen LogP contribution < -0.4 is 0 Å². The van der Waals surface area contributed by atoms with Crippen molar-refractivity contribution < 1.29 is 9.53 Å². The van der Waals surface area contributed by atoms with E-state index >= 15 is 0 Å². The van der Waals surface area contributed by atoms with Crippen LogP contribution in [0.5, 0.6) is 0 Å². The van der Waals surface area contributed by atoms with Crippen molar-refractivity contribution in [3.63, 3.8) is 0 Å². The van der Waals surface area contributed by atoms with Gasteiger partial charge in [0.15, 0.2) is 0 Å². The molecule has 2 saturated heterocycles. The third-order valence-corrected chi connectivity index (χ3v) is 6.06. The third kappa shape index (κ3) is 2.37. The van der Waals surface area contributed by atoms with E-state index in [4.69, 9.17) is 4.74 Å². The van der Waals surface area contributed by atoms with Crippen molar-refractivity contribution in [3.8, 4) is 0 Å². The van der Waals surface area contributed by atoms with E-state index in [1.54, 1.807) is 7.11 Å². The van der Waals surface area contributed by atoms with Gasteiger partial charge < -0.3 is 9.64 Å². The summed E-state index contributed by atoms with van der Waals surface area (Å²) in [7, 11) is 4.04. The Morgan fingerprint density at radius 3 is 2.45 bits per heavy atom. The van der Waals surface area contributed by atoms with E-state index in [-0.39, 0.29) is 0 Å². The van der Waals surface area contributed by atoms with Gasteiger partial charge in [-0.15, -0.1) is 0 Å². The van der Waals surface area contributed by atoms with E-state index in [1.165, 1.54) is 19.3 Å². The Morgan fingerprint density at radius 1 is 1.20 bits per heavy atom. The van der Waals surface area contributed by atoms with Gasteiger partial charge >= 0.3 is 0 Å². The van der Waals surface area contributed by atoms with Crippen LogP contribution in [0.25, 0.3) is 0 Å². The maximum Gasteiger partial charge on any atom is 0.225 e. The molecule has 4 nitrogen and oxygen atoms in total. The van der Waals surface area contributed by atoms with Crippen LogP contribution in [0.4, 0.5) is 0 Å². The molecule has 0 N–H and O–H groups in total. The lowest BCUT2D eigenvalue weighted by Gasteiger charge is -2.46. The first-order chi connectivity index (χ1) is 9.66. The highest BCUT2D eigenvalue weighted by Crippen LogP contribution is 2.41. The molecule has 4 heteroatoms. The fourth-order valence-electron chi connectivity index (χ4n) is 4.24. The second kappa shape index (κ2) is 5.64. The van der Waals surface area contributed by atoms with E-state index < -0.39 is 0 Å². The highest BCUT2D eigenvalue weighted by molar-refractivity contribution is 5.79. The zero-order valence-corrected chi connectivity index (χ0v) is 12.9. The minimum atomic E-state index is 0.333. The van der Waals surface area contributed by atoms with Gasteiger partial charge in [-0.1, -0.05) is 6.42 Å². The van der Waals surface area contributed by atoms with Crippen molar-refractivity contribution in [1.29, 1.82) is 0 Å². The average Bonchev–Trinajstić information content (AvgIpc) is 2.68. The molecule has 20 heavy (non-hydrogen) atoms. The number of hydrogen-bond acceptors (Lipinski definition) is 3. The number of carbonyl (C=O) groups is 1. The summed E-state index contributed by atoms with van der Waals surface area (Å²) in [5, 5.41) is 0. The summed E-state index contributed by atoms with van der Waals surface area (Å²) in [5.41, 5.74) is 0.333. The van der Waals surface area contributed by atoms with E-state index in [9.17, 15) is 4.79 Å². The Labute approximate surface area is 122 Å². The SMILES string of the molecule is COCC1CCC2(CCN(C(=O)C3CCC3)CC2)N1C. The van der Waals surface area contributed by atoms with Gasteiger partial charge in [-0.3, -0.25) is 9.69 Å². The molecule has 0 radical (unpaired) electrons. The molecule has 1 unspecified atom stereocenters. The smallest absolute Gasteiger partial charge is 0.225 e. The number of rotatable bonds is 3. The van der Waals surface area contributed by atoms with Crippen molar-refractivity contribution in [1.82, 2.24) is 9.80 Å². The normalized spacial score (nSPS) is 30.7. The fraction of sp³-hybridized carbons (Fsp3) is 0.938. The predicted octanol–water partition coefficient (Wildman–Crippen LogP) is 1.89. The standard InChI is InChI=1S/C16H28N2O2/c1-17-14(12-20-2)6-7-16(17)8-10-18(11-9-16)15(19)13-4-3-5-13/h13-14H,3-12H2,1-2H3. The van der Waals surface area contributed by atoms with Gasteiger partial charge in [0, 0.05) is 37.7 Å². The number of likely N-dealkylation sites (tertiary alicyclic amines) is 2. The van der Waals surface area contributed by atoms with Crippen molar-refractivity contribution in [2.75, 3.05) is 33.9 Å². The molecule has 1 aliphatic carbocycles. The second-order valence-electron chi connectivity index (χ2n) is 6.94. The number of likely N-dealkylation sites (N-methyl/N-ethyl adjacent to an activating group) is 1. The third-order valence-electron chi connectivity index (χ3n) is 6.06. The molecular formula is C16H28N2O2. The lowest BCUT2D eigenvalue weighted by atomic mass is 9.81. The van der Waals surface area contributed by atoms with Crippen LogP contribution in [0.15, 0.2) is 0 Å². The molecule has 1 spiro atoms. The summed E-state index contributed by atoms with van der Waals surface area (Å²) < 4.78 is 5.34. The number of ether oxygens (including phenoxy) is 1. The Hall–Kier alpha value is -0.610. The van der Waals surface area contributed by atoms with Crippen LogP contribution >= 0.6 is 0 Å². The Balaban J connectivity index is 1.56. The van der Waals surface area contributed by atoms with Crippen molar-refractivity contribution in [2.45, 2.75) is 56.5 Å². The highest BCUT2D eigenvalue weighted by atomic mass is 16.5. The second-order valence-corrected chi connectivity index (χ2v) is 6.94. The molecule has 0 aromatic rings. The molecular weight excluding hydrogens is 252 g/mol. The molecule has 1 amide bonds. The topological polar surface area (TPSA) is 32.8 Å². The summed E-state index contributed by atoms with van der Waals surface area (Å²) in [6.45, 7) is 2.75. The number of hydrogen-bond donors (Lipinski definition) is 0. The zero-order valence-electron chi connectivity index (χ0n) is 12.9. The van der Waals surface area contributed by atoms with E-state index in [2.05, 4.69) is 16.8 Å². The summed E-state index contributed by atoms with van der Waals surface area (Å²) in [6.07, 6.45) is 8.27. The zero-order chi connectivity index (χ0) is 14.2. The Kier molecular flexibility index (Phi) is 4.04. The van der Waals surface area contributed by atoms with E-state index in [1.807, 2.05) is 0 Å². The monoisotopic (exact) mass is 280 g/mol. The lowest BCUT2D eigenvalue weighted by molar-refractivity contribution is -0.140. The molecule has 1 atom stereocenters. The molecule has 1 saturated carbocycles. The van der Waals surface area contributed by atoms with Gasteiger partial charge in [0.1, 0.15) is 0 Å². The van der Waals surface area contributed by atoms with Crippen LogP contribution in [0, 0.1) is 5.92 Å². The first kappa shape index (κ1) is 14.3. The summed E-state index contributed by atoms with van der Waals surface area (Å²) in [5.74, 6) is 0.784. The molecule has 2 aliphatic heterocycles. The van der Waals surface area contributed by atoms with Gasteiger partial charge in [-0.25, -0.2) is 0 Å². The minimum absolute atomic E-state index is 0.333. The van der Waals surface area contributed by atoms with Crippen molar-refractivity contribution >= 4 is 5.91 Å². The van der Waals surface area contributed by atoms with Crippen molar-refractivity contribution in [2.24, 2.45) is 5.92 Å². The average molecular weight is 280 g/mol. The number of piperidine rings is 1. The predicted molar refractivity (Wildman–Crippen MR) is 78.5 cm³/mol. The first-order valence-corrected chi connectivity index (χ1v) is 8.17. The summed E-state index contributed by atoms with van der Waals surface area (Å²) in [6, 6.07) is 0.564. The molecule has 0 aromatic heterocycles. The fourth-order valence-corrected chi connectivity index (χ4v) is 4.24. The van der Waals surface area contributed by atoms with Crippen LogP contribution in [-0.4, -0.2) is 61.1 Å². The van der Waals surface area contributed by atoms with Crippen LogP contribution in [0.1, 0.15) is 44.9 Å². The maximum absolute atomic E-state index is 12.3. The molecule has 3 rings (SSSR count). The number of nitrogens with zero attached hydrogens (tertiary/aromatic N) is 2. The maximum atomic E-state index is 12.3. The number of methoxy groups -OCH3 is 1. The number of carbonyl (C=O) groups excluding carboxylic acids is 1. The van der Waals surface area contributed by atoms with Crippen LogP contribution in [0.2, 0.25) is 0 Å². The van der Waals surface area contributed by atoms with Gasteiger partial charge in [0.25, 0.3) is 0 Å². The molecule has 2 heterocycles. The molecule has 0 aromatic carbocycles. The van der Waals surface area contributed by atoms with E-state index in [0.29, 0.717) is 23.4 Å². The molecule has 3 aliphatic rings. The van der Waals surface area contributed by atoms with Crippen LogP contribution in [0.3, 0.4) is 0 Å². The first-order valence-electron chi connectivity index (χ1n) is 8.17. The Bertz CT molecular complexity index is 359. The largest absolute Gasteiger partial charge is 0.383 e. The minimum Gasteiger partial charge on any atom is -0.383 e. The summed E-state index contributed by atoms with van der Waals surface area (Å²) in [4.78, 5) is 17.0. The molecule has 3 fully saturated rings. The molecule has 0 bridgehead atoms. The molecule has 114 valence electrons. The van der Waals surface area contributed by atoms with Gasteiger partial charge in [-0.05, 0) is 45.6 Å². The summed E-state index contributed by atoms with van der Waals surface area (Å²) >= 11 is 0. The number of amides is 1. The van der Waals surface area contributed by atoms with Crippen molar-refractivity contribution in [3.05, 3.63) is 0 Å². The lowest BCUT2D eigenvalue weighted by Crippen LogP contribution is -2.55. The van der Waals surface area contributed by atoms with E-state index in [0.717, 1.165) is 45.4 Å². The van der Waals surface area contributed by atoms with Gasteiger partial charge in [-0.2, -0.15) is 0 Å². The van der Waals surface area contributed by atoms with Crippen LogP contribution in [-0.2, 0) is 9.53 Å². The quantitative estimate of drug-likeness (QED) is 0.791. The van der Waals surface area contributed by atoms with Gasteiger partial charge in [0.2, 0.25) is 5.91 Å². The van der Waals surface area contributed by atoms with Gasteiger partial charge in [0.05, 0.1) is 6.61 Å².